The van der Waals surface area contributed by atoms with Crippen molar-refractivity contribution in [2.75, 3.05) is 6.54 Å². The van der Waals surface area contributed by atoms with E-state index in [1.165, 1.54) is 38.6 Å². The number of nitrogens with zero attached hydrogens (tertiary/aromatic N) is 2. The number of piperidine rings is 1. The van der Waals surface area contributed by atoms with E-state index in [2.05, 4.69) is 9.88 Å². The number of aromatic hydroxyl groups is 1. The molecule has 0 aromatic carbocycles. The van der Waals surface area contributed by atoms with Crippen LogP contribution in [-0.2, 0) is 6.54 Å². The zero-order valence-corrected chi connectivity index (χ0v) is 10.2. The highest BCUT2D eigenvalue weighted by atomic mass is 16.3. The number of likely N-dealkylation sites (tertiary alicyclic amines) is 1. The van der Waals surface area contributed by atoms with Crippen LogP contribution < -0.4 is 0 Å². The molecule has 92 valence electrons. The Morgan fingerprint density at radius 2 is 2.12 bits per heavy atom. The Labute approximate surface area is 102 Å². The largest absolute Gasteiger partial charge is 0.506 e. The van der Waals surface area contributed by atoms with Crippen LogP contribution in [-0.4, -0.2) is 27.6 Å². The summed E-state index contributed by atoms with van der Waals surface area (Å²) in [4.78, 5) is 6.89. The highest BCUT2D eigenvalue weighted by Crippen LogP contribution is 2.37. The van der Waals surface area contributed by atoms with Crippen LogP contribution in [0.1, 0.15) is 37.8 Å². The van der Waals surface area contributed by atoms with Gasteiger partial charge in [0.05, 0.1) is 11.9 Å². The molecule has 3 rings (SSSR count). The van der Waals surface area contributed by atoms with Gasteiger partial charge in [-0.05, 0) is 50.3 Å². The topological polar surface area (TPSA) is 36.4 Å². The van der Waals surface area contributed by atoms with Gasteiger partial charge in [-0.3, -0.25) is 9.88 Å². The molecule has 2 unspecified atom stereocenters. The van der Waals surface area contributed by atoms with Gasteiger partial charge in [-0.1, -0.05) is 6.42 Å². The second kappa shape index (κ2) is 4.65. The lowest BCUT2D eigenvalue weighted by molar-refractivity contribution is 0.104. The van der Waals surface area contributed by atoms with Crippen LogP contribution in [0.25, 0.3) is 0 Å². The van der Waals surface area contributed by atoms with E-state index >= 15 is 0 Å². The molecule has 2 atom stereocenters. The Morgan fingerprint density at radius 3 is 2.94 bits per heavy atom. The summed E-state index contributed by atoms with van der Waals surface area (Å²) in [6, 6.07) is 4.46. The Morgan fingerprint density at radius 1 is 1.24 bits per heavy atom. The molecule has 0 spiro atoms. The zero-order valence-electron chi connectivity index (χ0n) is 10.2. The quantitative estimate of drug-likeness (QED) is 0.851. The predicted octanol–water partition coefficient (Wildman–Crippen LogP) is 2.55. The molecule has 0 bridgehead atoms. The van der Waals surface area contributed by atoms with Crippen LogP contribution in [0.5, 0.6) is 5.75 Å². The van der Waals surface area contributed by atoms with E-state index < -0.39 is 0 Å². The van der Waals surface area contributed by atoms with Crippen molar-refractivity contribution in [1.29, 1.82) is 0 Å². The van der Waals surface area contributed by atoms with Gasteiger partial charge in [-0.25, -0.2) is 0 Å². The Hall–Kier alpha value is -1.09. The fourth-order valence-electron chi connectivity index (χ4n) is 3.47. The number of rotatable bonds is 2. The molecule has 2 aliphatic rings. The third kappa shape index (κ3) is 2.29. The first kappa shape index (κ1) is 11.0. The van der Waals surface area contributed by atoms with E-state index in [1.54, 1.807) is 12.3 Å². The molecular formula is C14H20N2O. The average Bonchev–Trinajstić information content (AvgIpc) is 2.81. The van der Waals surface area contributed by atoms with Crippen LogP contribution >= 0.6 is 0 Å². The lowest BCUT2D eigenvalue weighted by Crippen LogP contribution is -2.42. The number of hydrogen-bond donors (Lipinski definition) is 1. The van der Waals surface area contributed by atoms with Gasteiger partial charge < -0.3 is 5.11 Å². The van der Waals surface area contributed by atoms with Crippen LogP contribution in [0.3, 0.4) is 0 Å². The highest BCUT2D eigenvalue weighted by molar-refractivity contribution is 5.18. The molecule has 1 N–H and O–H groups in total. The third-order valence-corrected chi connectivity index (χ3v) is 4.28. The smallest absolute Gasteiger partial charge is 0.133 e. The summed E-state index contributed by atoms with van der Waals surface area (Å²) < 4.78 is 0. The van der Waals surface area contributed by atoms with Gasteiger partial charge in [-0.15, -0.1) is 0 Å². The molecule has 0 amide bonds. The third-order valence-electron chi connectivity index (χ3n) is 4.28. The fourth-order valence-corrected chi connectivity index (χ4v) is 3.47. The summed E-state index contributed by atoms with van der Waals surface area (Å²) in [5.41, 5.74) is 1.08. The highest BCUT2D eigenvalue weighted by Gasteiger charge is 2.34. The molecule has 1 aliphatic carbocycles. The maximum absolute atomic E-state index is 9.24. The molecule has 1 saturated carbocycles. The summed E-state index contributed by atoms with van der Waals surface area (Å²) in [7, 11) is 0. The van der Waals surface area contributed by atoms with E-state index in [0.717, 1.165) is 24.2 Å². The zero-order chi connectivity index (χ0) is 11.7. The first-order chi connectivity index (χ1) is 8.33. The summed E-state index contributed by atoms with van der Waals surface area (Å²) >= 11 is 0. The second-order valence-electron chi connectivity index (χ2n) is 5.38. The van der Waals surface area contributed by atoms with Gasteiger partial charge in [0.2, 0.25) is 0 Å². The molecule has 2 fully saturated rings. The Kier molecular flexibility index (Phi) is 3.02. The van der Waals surface area contributed by atoms with Gasteiger partial charge in [0.15, 0.2) is 0 Å². The van der Waals surface area contributed by atoms with Gasteiger partial charge in [-0.2, -0.15) is 0 Å². The van der Waals surface area contributed by atoms with Crippen molar-refractivity contribution in [3.8, 4) is 5.75 Å². The maximum atomic E-state index is 9.24. The standard InChI is InChI=1S/C14H20N2O/c17-13-7-6-12(15-9-13)10-16-8-2-4-11-3-1-5-14(11)16/h6-7,9,11,14,17H,1-5,8,10H2. The van der Waals surface area contributed by atoms with E-state index in [1.807, 2.05) is 6.07 Å². The van der Waals surface area contributed by atoms with Crippen LogP contribution in [0, 0.1) is 5.92 Å². The van der Waals surface area contributed by atoms with Crippen molar-refractivity contribution in [1.82, 2.24) is 9.88 Å². The number of hydrogen-bond acceptors (Lipinski definition) is 3. The fraction of sp³-hybridized carbons (Fsp3) is 0.643. The molecule has 3 heteroatoms. The molecule has 1 saturated heterocycles. The maximum Gasteiger partial charge on any atom is 0.133 e. The summed E-state index contributed by atoms with van der Waals surface area (Å²) in [6.07, 6.45) is 8.48. The number of aromatic nitrogens is 1. The molecule has 17 heavy (non-hydrogen) atoms. The second-order valence-corrected chi connectivity index (χ2v) is 5.38. The van der Waals surface area contributed by atoms with Crippen molar-refractivity contribution in [3.05, 3.63) is 24.0 Å². The lowest BCUT2D eigenvalue weighted by atomic mass is 9.92. The minimum atomic E-state index is 0.256. The molecule has 2 heterocycles. The summed E-state index contributed by atoms with van der Waals surface area (Å²) in [5, 5.41) is 9.24. The van der Waals surface area contributed by atoms with Crippen LogP contribution in [0.4, 0.5) is 0 Å². The van der Waals surface area contributed by atoms with Gasteiger partial charge in [0.25, 0.3) is 0 Å². The Balaban J connectivity index is 1.69. The van der Waals surface area contributed by atoms with Crippen LogP contribution in [0.15, 0.2) is 18.3 Å². The van der Waals surface area contributed by atoms with Gasteiger partial charge >= 0.3 is 0 Å². The first-order valence-electron chi connectivity index (χ1n) is 6.71. The van der Waals surface area contributed by atoms with Crippen molar-refractivity contribution in [2.45, 2.75) is 44.7 Å². The average molecular weight is 232 g/mol. The molecule has 1 aromatic heterocycles. The SMILES string of the molecule is Oc1ccc(CN2CCCC3CCCC32)nc1. The molecule has 3 nitrogen and oxygen atoms in total. The first-order valence-corrected chi connectivity index (χ1v) is 6.71. The summed E-state index contributed by atoms with van der Waals surface area (Å²) in [5.74, 6) is 1.19. The summed E-state index contributed by atoms with van der Waals surface area (Å²) in [6.45, 7) is 2.16. The van der Waals surface area contributed by atoms with E-state index in [0.29, 0.717) is 0 Å². The lowest BCUT2D eigenvalue weighted by Gasteiger charge is -2.37. The van der Waals surface area contributed by atoms with Gasteiger partial charge in [0, 0.05) is 12.6 Å². The van der Waals surface area contributed by atoms with Crippen molar-refractivity contribution in [2.24, 2.45) is 5.92 Å². The van der Waals surface area contributed by atoms with Crippen molar-refractivity contribution < 1.29 is 5.11 Å². The van der Waals surface area contributed by atoms with E-state index in [9.17, 15) is 5.11 Å². The monoisotopic (exact) mass is 232 g/mol. The van der Waals surface area contributed by atoms with Crippen LogP contribution in [0.2, 0.25) is 0 Å². The van der Waals surface area contributed by atoms with Gasteiger partial charge in [0.1, 0.15) is 5.75 Å². The van der Waals surface area contributed by atoms with Crippen molar-refractivity contribution >= 4 is 0 Å². The minimum absolute atomic E-state index is 0.256. The predicted molar refractivity (Wildman–Crippen MR) is 66.7 cm³/mol. The van der Waals surface area contributed by atoms with E-state index in [-0.39, 0.29) is 5.75 Å². The molecule has 1 aliphatic heterocycles. The number of pyridine rings is 1. The molecule has 1 aromatic rings. The van der Waals surface area contributed by atoms with E-state index in [4.69, 9.17) is 0 Å². The molecular weight excluding hydrogens is 212 g/mol. The van der Waals surface area contributed by atoms with Crippen molar-refractivity contribution in [3.63, 3.8) is 0 Å². The Bertz CT molecular complexity index is 376. The number of fused-ring (bicyclic) bond motifs is 1. The normalized spacial score (nSPS) is 29.2. The molecule has 0 radical (unpaired) electrons. The minimum Gasteiger partial charge on any atom is -0.506 e.